The van der Waals surface area contributed by atoms with Crippen molar-refractivity contribution >= 4 is 23.3 Å². The second-order valence-corrected chi connectivity index (χ2v) is 12.9. The molecule has 5 nitrogen and oxygen atoms in total. The highest BCUT2D eigenvalue weighted by molar-refractivity contribution is 7.86. The molecule has 2 fully saturated rings. The zero-order chi connectivity index (χ0) is 22.0. The molecule has 0 bridgehead atoms. The first kappa shape index (κ1) is 22.6. The Labute approximate surface area is 186 Å². The summed E-state index contributed by atoms with van der Waals surface area (Å²) in [7, 11) is -5.14. The largest absolute Gasteiger partial charge is 0.507 e. The van der Waals surface area contributed by atoms with Crippen LogP contribution in [0, 0.1) is 0 Å². The fourth-order valence-electron chi connectivity index (χ4n) is 5.36. The summed E-state index contributed by atoms with van der Waals surface area (Å²) in [5.41, 5.74) is 2.01. The molecule has 0 unspecified atom stereocenters. The predicted molar refractivity (Wildman–Crippen MR) is 125 cm³/mol. The lowest BCUT2D eigenvalue weighted by Crippen LogP contribution is -2.27. The summed E-state index contributed by atoms with van der Waals surface area (Å²) in [5.74, 6) is -0.767. The molecule has 0 aliphatic heterocycles. The molecule has 2 aliphatic carbocycles. The third-order valence-corrected chi connectivity index (χ3v) is 11.2. The molecule has 0 saturated heterocycles. The number of benzene rings is 2. The summed E-state index contributed by atoms with van der Waals surface area (Å²) >= 11 is 0. The second kappa shape index (κ2) is 9.48. The Morgan fingerprint density at radius 1 is 0.774 bits per heavy atom. The lowest BCUT2D eigenvalue weighted by molar-refractivity contribution is 0.434. The van der Waals surface area contributed by atoms with Gasteiger partial charge in [0.15, 0.2) is 0 Å². The average molecular weight is 463 g/mol. The smallest absolute Gasteiger partial charge is 0.298 e. The zero-order valence-corrected chi connectivity index (χ0v) is 19.4. The van der Waals surface area contributed by atoms with E-state index in [1.165, 1.54) is 70.3 Å². The van der Waals surface area contributed by atoms with Crippen LogP contribution in [-0.2, 0) is 10.1 Å². The van der Waals surface area contributed by atoms with Crippen LogP contribution in [0.3, 0.4) is 0 Å². The first-order chi connectivity index (χ1) is 14.9. The molecule has 2 aliphatic rings. The summed E-state index contributed by atoms with van der Waals surface area (Å²) in [4.78, 5) is -0.574. The van der Waals surface area contributed by atoms with Crippen LogP contribution in [0.2, 0.25) is 0 Å². The van der Waals surface area contributed by atoms with Crippen LogP contribution in [0.1, 0.15) is 64.2 Å². The van der Waals surface area contributed by atoms with Gasteiger partial charge >= 0.3 is 0 Å². The van der Waals surface area contributed by atoms with Gasteiger partial charge in [-0.25, -0.2) is 0 Å². The Hall–Kier alpha value is -1.62. The molecular formula is C24H31O5PS. The highest BCUT2D eigenvalue weighted by Crippen LogP contribution is 2.57. The molecule has 3 N–H and O–H groups in total. The SMILES string of the molecule is O=S(=O)(O)c1ccc(O)c(-c2ccccc2P(C2CCCCC2)C2CCCCC2)c1O. The third kappa shape index (κ3) is 4.76. The van der Waals surface area contributed by atoms with Gasteiger partial charge in [0.05, 0.1) is 5.56 Å². The van der Waals surface area contributed by atoms with E-state index in [0.29, 0.717) is 16.9 Å². The van der Waals surface area contributed by atoms with Gasteiger partial charge in [0.2, 0.25) is 0 Å². The molecule has 0 amide bonds. The third-order valence-electron chi connectivity index (χ3n) is 6.78. The monoisotopic (exact) mass is 462 g/mol. The molecule has 7 heteroatoms. The molecule has 168 valence electrons. The maximum Gasteiger partial charge on any atom is 0.298 e. The van der Waals surface area contributed by atoms with E-state index in [4.69, 9.17) is 0 Å². The summed E-state index contributed by atoms with van der Waals surface area (Å²) in [6.45, 7) is 0. The Bertz CT molecular complexity index is 1010. The van der Waals surface area contributed by atoms with E-state index in [0.717, 1.165) is 11.4 Å². The van der Waals surface area contributed by atoms with Crippen LogP contribution < -0.4 is 5.30 Å². The Morgan fingerprint density at radius 2 is 1.32 bits per heavy atom. The van der Waals surface area contributed by atoms with Crippen molar-refractivity contribution in [1.82, 2.24) is 0 Å². The molecule has 31 heavy (non-hydrogen) atoms. The molecule has 0 radical (unpaired) electrons. The van der Waals surface area contributed by atoms with Crippen LogP contribution in [0.25, 0.3) is 11.1 Å². The predicted octanol–water partition coefficient (Wildman–Crippen LogP) is 5.78. The van der Waals surface area contributed by atoms with Crippen molar-refractivity contribution in [2.75, 3.05) is 0 Å². The van der Waals surface area contributed by atoms with Gasteiger partial charge in [0.1, 0.15) is 16.4 Å². The van der Waals surface area contributed by atoms with Crippen molar-refractivity contribution < 1.29 is 23.2 Å². The molecule has 4 rings (SSSR count). The number of rotatable bonds is 5. The number of hydrogen-bond donors (Lipinski definition) is 3. The van der Waals surface area contributed by atoms with Gasteiger partial charge in [-0.3, -0.25) is 4.55 Å². The number of hydrogen-bond acceptors (Lipinski definition) is 4. The van der Waals surface area contributed by atoms with Crippen molar-refractivity contribution in [2.24, 2.45) is 0 Å². The minimum Gasteiger partial charge on any atom is -0.507 e. The van der Waals surface area contributed by atoms with Gasteiger partial charge in [-0.2, -0.15) is 8.42 Å². The summed E-state index contributed by atoms with van der Waals surface area (Å²) in [6, 6.07) is 10.1. The fraction of sp³-hybridized carbons (Fsp3) is 0.500. The van der Waals surface area contributed by atoms with Crippen LogP contribution in [-0.4, -0.2) is 34.5 Å². The highest BCUT2D eigenvalue weighted by Gasteiger charge is 2.34. The number of phenolic OH excluding ortho intramolecular Hbond substituents is 2. The quantitative estimate of drug-likeness (QED) is 0.387. The molecule has 0 atom stereocenters. The summed E-state index contributed by atoms with van der Waals surface area (Å²) in [6.07, 6.45) is 12.4. The van der Waals surface area contributed by atoms with Crippen molar-refractivity contribution in [3.8, 4) is 22.6 Å². The van der Waals surface area contributed by atoms with E-state index < -0.39 is 28.7 Å². The van der Waals surface area contributed by atoms with Crippen LogP contribution in [0.15, 0.2) is 41.3 Å². The highest BCUT2D eigenvalue weighted by atomic mass is 32.2. The van der Waals surface area contributed by atoms with Crippen molar-refractivity contribution in [1.29, 1.82) is 0 Å². The van der Waals surface area contributed by atoms with Gasteiger partial charge in [0.25, 0.3) is 10.1 Å². The maximum atomic E-state index is 11.8. The second-order valence-electron chi connectivity index (χ2n) is 8.79. The van der Waals surface area contributed by atoms with E-state index in [1.54, 1.807) is 0 Å². The van der Waals surface area contributed by atoms with Crippen molar-refractivity contribution in [2.45, 2.75) is 80.4 Å². The van der Waals surface area contributed by atoms with Gasteiger partial charge in [-0.05, 0) is 60.0 Å². The standard InChI is InChI=1S/C24H31O5PS/c25-20-15-16-22(31(27,28)29)24(26)23(20)19-13-7-8-14-21(19)30(17-9-3-1-4-10-17)18-11-5-2-6-12-18/h7-8,13-18,25-26H,1-6,9-12H2,(H,27,28,29). The maximum absolute atomic E-state index is 11.8. The molecule has 0 heterocycles. The molecule has 2 aromatic rings. The molecular weight excluding hydrogens is 431 g/mol. The van der Waals surface area contributed by atoms with E-state index >= 15 is 0 Å². The van der Waals surface area contributed by atoms with E-state index in [9.17, 15) is 23.2 Å². The molecule has 2 aromatic carbocycles. The van der Waals surface area contributed by atoms with Crippen molar-refractivity contribution in [3.05, 3.63) is 36.4 Å². The average Bonchev–Trinajstić information content (AvgIpc) is 2.76. The normalized spacial score (nSPS) is 19.0. The fourth-order valence-corrected chi connectivity index (χ4v) is 9.89. The van der Waals surface area contributed by atoms with Gasteiger partial charge in [0, 0.05) is 0 Å². The van der Waals surface area contributed by atoms with Crippen LogP contribution >= 0.6 is 7.92 Å². The van der Waals surface area contributed by atoms with Gasteiger partial charge < -0.3 is 10.2 Å². The number of aromatic hydroxyl groups is 2. The lowest BCUT2D eigenvalue weighted by Gasteiger charge is -2.39. The van der Waals surface area contributed by atoms with Gasteiger partial charge in [-0.15, -0.1) is 0 Å². The van der Waals surface area contributed by atoms with E-state index in [2.05, 4.69) is 6.07 Å². The van der Waals surface area contributed by atoms with E-state index in [-0.39, 0.29) is 11.3 Å². The Kier molecular flexibility index (Phi) is 6.90. The van der Waals surface area contributed by atoms with E-state index in [1.807, 2.05) is 18.2 Å². The Balaban J connectivity index is 1.87. The van der Waals surface area contributed by atoms with Crippen LogP contribution in [0.4, 0.5) is 0 Å². The topological polar surface area (TPSA) is 94.8 Å². The molecule has 2 saturated carbocycles. The van der Waals surface area contributed by atoms with Crippen molar-refractivity contribution in [3.63, 3.8) is 0 Å². The molecule has 0 aromatic heterocycles. The first-order valence-corrected chi connectivity index (χ1v) is 14.2. The summed E-state index contributed by atoms with van der Waals surface area (Å²) in [5, 5.41) is 22.6. The number of phenols is 2. The minimum absolute atomic E-state index is 0.102. The zero-order valence-electron chi connectivity index (χ0n) is 17.7. The van der Waals surface area contributed by atoms with Crippen LogP contribution in [0.5, 0.6) is 11.5 Å². The lowest BCUT2D eigenvalue weighted by atomic mass is 9.99. The van der Waals surface area contributed by atoms with Gasteiger partial charge in [-0.1, -0.05) is 70.7 Å². The minimum atomic E-state index is -4.61. The Morgan fingerprint density at radius 3 is 1.87 bits per heavy atom. The first-order valence-electron chi connectivity index (χ1n) is 11.3. The molecule has 0 spiro atoms. The summed E-state index contributed by atoms with van der Waals surface area (Å²) < 4.78 is 33.1.